The lowest BCUT2D eigenvalue weighted by Crippen LogP contribution is -2.53. The molecule has 2 amide bonds. The molecule has 2 saturated heterocycles. The molecule has 0 aromatic rings. The van der Waals surface area contributed by atoms with Gasteiger partial charge in [0.25, 0.3) is 0 Å². The van der Waals surface area contributed by atoms with Crippen molar-refractivity contribution in [3.8, 4) is 0 Å². The highest BCUT2D eigenvalue weighted by atomic mass is 32.2. The maximum absolute atomic E-state index is 12.5. The Kier molecular flexibility index (Phi) is 3.71. The lowest BCUT2D eigenvalue weighted by molar-refractivity contribution is -0.138. The zero-order valence-electron chi connectivity index (χ0n) is 11.9. The molecule has 6 heteroatoms. The molecule has 3 aliphatic rings. The number of thioether (sulfide) groups is 1. The van der Waals surface area contributed by atoms with Crippen LogP contribution in [0.4, 0.5) is 0 Å². The minimum Gasteiger partial charge on any atom is -0.351 e. The Morgan fingerprint density at radius 1 is 1.55 bits per heavy atom. The first-order valence-electron chi connectivity index (χ1n) is 7.52. The highest BCUT2D eigenvalue weighted by Gasteiger charge is 2.53. The number of fused-ring (bicyclic) bond motifs is 1. The van der Waals surface area contributed by atoms with Gasteiger partial charge < -0.3 is 16.0 Å². The second-order valence-corrected chi connectivity index (χ2v) is 7.81. The van der Waals surface area contributed by atoms with Gasteiger partial charge in [-0.25, -0.2) is 0 Å². The second-order valence-electron chi connectivity index (χ2n) is 6.31. The summed E-state index contributed by atoms with van der Waals surface area (Å²) in [7, 11) is 0. The molecule has 1 aliphatic carbocycles. The van der Waals surface area contributed by atoms with Crippen LogP contribution < -0.4 is 11.1 Å². The van der Waals surface area contributed by atoms with Gasteiger partial charge in [0.15, 0.2) is 0 Å². The predicted molar refractivity (Wildman–Crippen MR) is 79.1 cm³/mol. The summed E-state index contributed by atoms with van der Waals surface area (Å²) in [6.45, 7) is 2.71. The monoisotopic (exact) mass is 297 g/mol. The van der Waals surface area contributed by atoms with Gasteiger partial charge in [0.05, 0.1) is 4.87 Å². The fourth-order valence-corrected chi connectivity index (χ4v) is 5.23. The van der Waals surface area contributed by atoms with E-state index >= 15 is 0 Å². The molecule has 1 saturated carbocycles. The molecule has 0 radical (unpaired) electrons. The standard InChI is InChI=1S/C14H23N3O2S/c1-14-6-5-12(18)17(14)11(8-20-14)13(19)16-10-4-2-3-9(10)7-15/h9-11H,2-8,15H2,1H3,(H,16,19). The number of nitrogens with two attached hydrogens (primary N) is 1. The van der Waals surface area contributed by atoms with Crippen molar-refractivity contribution in [2.45, 2.75) is 56.0 Å². The van der Waals surface area contributed by atoms with E-state index in [9.17, 15) is 9.59 Å². The molecule has 0 bridgehead atoms. The molecule has 2 heterocycles. The first kappa shape index (κ1) is 14.2. The molecule has 0 aromatic carbocycles. The maximum atomic E-state index is 12.5. The normalized spacial score (nSPS) is 40.2. The molecule has 0 aromatic heterocycles. The van der Waals surface area contributed by atoms with Gasteiger partial charge in [-0.1, -0.05) is 6.42 Å². The van der Waals surface area contributed by atoms with Gasteiger partial charge in [-0.15, -0.1) is 11.8 Å². The van der Waals surface area contributed by atoms with Crippen LogP contribution in [0.15, 0.2) is 0 Å². The Morgan fingerprint density at radius 3 is 3.10 bits per heavy atom. The van der Waals surface area contributed by atoms with Gasteiger partial charge in [-0.2, -0.15) is 0 Å². The lowest BCUT2D eigenvalue weighted by atomic mass is 10.0. The van der Waals surface area contributed by atoms with Crippen LogP contribution in [0.3, 0.4) is 0 Å². The molecule has 4 atom stereocenters. The average Bonchev–Trinajstić information content (AvgIpc) is 3.06. The van der Waals surface area contributed by atoms with Crippen molar-refractivity contribution in [1.82, 2.24) is 10.2 Å². The molecular formula is C14H23N3O2S. The number of amides is 2. The van der Waals surface area contributed by atoms with Crippen LogP contribution in [0.2, 0.25) is 0 Å². The molecule has 3 fully saturated rings. The van der Waals surface area contributed by atoms with Gasteiger partial charge >= 0.3 is 0 Å². The first-order valence-corrected chi connectivity index (χ1v) is 8.50. The molecule has 5 nitrogen and oxygen atoms in total. The molecule has 2 aliphatic heterocycles. The average molecular weight is 297 g/mol. The number of nitrogens with one attached hydrogen (secondary N) is 1. The molecule has 112 valence electrons. The van der Waals surface area contributed by atoms with Crippen LogP contribution in [0.25, 0.3) is 0 Å². The lowest BCUT2D eigenvalue weighted by Gasteiger charge is -2.31. The fraction of sp³-hybridized carbons (Fsp3) is 0.857. The van der Waals surface area contributed by atoms with Crippen LogP contribution in [0.1, 0.15) is 39.0 Å². The number of nitrogens with zero attached hydrogens (tertiary/aromatic N) is 1. The number of carbonyl (C=O) groups excluding carboxylic acids is 2. The highest BCUT2D eigenvalue weighted by molar-refractivity contribution is 8.01. The first-order chi connectivity index (χ1) is 9.55. The summed E-state index contributed by atoms with van der Waals surface area (Å²) in [5.41, 5.74) is 5.76. The van der Waals surface area contributed by atoms with E-state index in [1.54, 1.807) is 11.8 Å². The summed E-state index contributed by atoms with van der Waals surface area (Å²) >= 11 is 1.74. The quantitative estimate of drug-likeness (QED) is 0.803. The van der Waals surface area contributed by atoms with Gasteiger partial charge in [0.2, 0.25) is 11.8 Å². The van der Waals surface area contributed by atoms with E-state index in [0.29, 0.717) is 24.6 Å². The zero-order valence-corrected chi connectivity index (χ0v) is 12.7. The summed E-state index contributed by atoms with van der Waals surface area (Å²) in [4.78, 5) is 26.2. The Morgan fingerprint density at radius 2 is 2.35 bits per heavy atom. The number of carbonyl (C=O) groups is 2. The third-order valence-corrected chi connectivity index (χ3v) is 6.54. The van der Waals surface area contributed by atoms with Crippen molar-refractivity contribution in [3.63, 3.8) is 0 Å². The van der Waals surface area contributed by atoms with Crippen molar-refractivity contribution < 1.29 is 9.59 Å². The van der Waals surface area contributed by atoms with Crippen LogP contribution in [-0.2, 0) is 9.59 Å². The van der Waals surface area contributed by atoms with Crippen molar-refractivity contribution in [2.24, 2.45) is 11.7 Å². The summed E-state index contributed by atoms with van der Waals surface area (Å²) in [6.07, 6.45) is 4.67. The Balaban J connectivity index is 1.67. The molecule has 3 N–H and O–H groups in total. The number of hydrogen-bond donors (Lipinski definition) is 2. The maximum Gasteiger partial charge on any atom is 0.243 e. The summed E-state index contributed by atoms with van der Waals surface area (Å²) in [5.74, 6) is 1.25. The molecule has 0 spiro atoms. The zero-order chi connectivity index (χ0) is 14.3. The summed E-state index contributed by atoms with van der Waals surface area (Å²) in [6, 6.07) is -0.0962. The minimum atomic E-state index is -0.293. The largest absolute Gasteiger partial charge is 0.351 e. The van der Waals surface area contributed by atoms with Crippen LogP contribution in [0, 0.1) is 5.92 Å². The topological polar surface area (TPSA) is 75.4 Å². The van der Waals surface area contributed by atoms with E-state index in [1.165, 1.54) is 0 Å². The SMILES string of the molecule is CC12CCC(=O)N1C(C(=O)NC1CCCC1CN)CS2. The van der Waals surface area contributed by atoms with E-state index in [1.807, 2.05) is 4.90 Å². The molecule has 20 heavy (non-hydrogen) atoms. The van der Waals surface area contributed by atoms with Crippen molar-refractivity contribution in [1.29, 1.82) is 0 Å². The third kappa shape index (κ3) is 2.22. The van der Waals surface area contributed by atoms with Crippen LogP contribution >= 0.6 is 11.8 Å². The van der Waals surface area contributed by atoms with Gasteiger partial charge in [-0.3, -0.25) is 9.59 Å². The van der Waals surface area contributed by atoms with E-state index in [2.05, 4.69) is 12.2 Å². The fourth-order valence-electron chi connectivity index (χ4n) is 3.80. The second kappa shape index (κ2) is 5.22. The van der Waals surface area contributed by atoms with Crippen LogP contribution in [-0.4, -0.2) is 46.0 Å². The Bertz CT molecular complexity index is 431. The number of hydrogen-bond acceptors (Lipinski definition) is 4. The third-order valence-electron chi connectivity index (χ3n) is 5.04. The predicted octanol–water partition coefficient (Wildman–Crippen LogP) is 0.684. The van der Waals surface area contributed by atoms with E-state index in [4.69, 9.17) is 5.73 Å². The Hall–Kier alpha value is -0.750. The molecular weight excluding hydrogens is 274 g/mol. The van der Waals surface area contributed by atoms with E-state index < -0.39 is 0 Å². The smallest absolute Gasteiger partial charge is 0.243 e. The van der Waals surface area contributed by atoms with E-state index in [0.717, 1.165) is 25.7 Å². The summed E-state index contributed by atoms with van der Waals surface area (Å²) in [5, 5.41) is 3.15. The number of rotatable bonds is 3. The minimum absolute atomic E-state index is 0.0156. The van der Waals surface area contributed by atoms with Crippen molar-refractivity contribution in [3.05, 3.63) is 0 Å². The van der Waals surface area contributed by atoms with Crippen molar-refractivity contribution in [2.75, 3.05) is 12.3 Å². The Labute approximate surface area is 124 Å². The van der Waals surface area contributed by atoms with Gasteiger partial charge in [-0.05, 0) is 38.6 Å². The summed E-state index contributed by atoms with van der Waals surface area (Å²) < 4.78 is 0. The molecule has 3 rings (SSSR count). The van der Waals surface area contributed by atoms with Crippen molar-refractivity contribution >= 4 is 23.6 Å². The highest BCUT2D eigenvalue weighted by Crippen LogP contribution is 2.47. The van der Waals surface area contributed by atoms with Crippen LogP contribution in [0.5, 0.6) is 0 Å². The molecule has 4 unspecified atom stereocenters. The van der Waals surface area contributed by atoms with E-state index in [-0.39, 0.29) is 28.8 Å². The van der Waals surface area contributed by atoms with Gasteiger partial charge in [0.1, 0.15) is 6.04 Å². The van der Waals surface area contributed by atoms with Gasteiger partial charge in [0, 0.05) is 18.2 Å².